The molecule has 1 aromatic heterocycles. The van der Waals surface area contributed by atoms with Gasteiger partial charge in [-0.15, -0.1) is 0 Å². The van der Waals surface area contributed by atoms with Crippen LogP contribution in [-0.2, 0) is 12.8 Å². The van der Waals surface area contributed by atoms with Crippen molar-refractivity contribution in [1.29, 1.82) is 0 Å². The molecule has 0 radical (unpaired) electrons. The van der Waals surface area contributed by atoms with Crippen molar-refractivity contribution in [3.8, 4) is 0 Å². The van der Waals surface area contributed by atoms with Crippen LogP contribution in [-0.4, -0.2) is 9.97 Å². The summed E-state index contributed by atoms with van der Waals surface area (Å²) in [6.45, 7) is 0. The second-order valence-corrected chi connectivity index (χ2v) is 5.27. The molecule has 0 spiro atoms. The van der Waals surface area contributed by atoms with Gasteiger partial charge < -0.3 is 4.98 Å². The predicted molar refractivity (Wildman–Crippen MR) is 80.0 cm³/mol. The topological polar surface area (TPSA) is 28.7 Å². The van der Waals surface area contributed by atoms with Gasteiger partial charge in [0.05, 0.1) is 21.1 Å². The average molecular weight is 291 g/mol. The van der Waals surface area contributed by atoms with E-state index < -0.39 is 0 Å². The van der Waals surface area contributed by atoms with E-state index in [0.29, 0.717) is 10.0 Å². The zero-order chi connectivity index (χ0) is 13.2. The lowest BCUT2D eigenvalue weighted by Crippen LogP contribution is -1.92. The van der Waals surface area contributed by atoms with Crippen LogP contribution in [0.15, 0.2) is 42.5 Å². The molecule has 96 valence electrons. The van der Waals surface area contributed by atoms with Crippen LogP contribution in [0.1, 0.15) is 11.4 Å². The molecule has 0 atom stereocenters. The highest BCUT2D eigenvalue weighted by Crippen LogP contribution is 2.26. The number of imidazole rings is 1. The van der Waals surface area contributed by atoms with Crippen molar-refractivity contribution in [2.45, 2.75) is 12.8 Å². The van der Waals surface area contributed by atoms with Crippen LogP contribution in [0.25, 0.3) is 11.0 Å². The number of benzene rings is 2. The fourth-order valence-corrected chi connectivity index (χ4v) is 2.41. The van der Waals surface area contributed by atoms with E-state index >= 15 is 0 Å². The highest BCUT2D eigenvalue weighted by Gasteiger charge is 2.06. The number of nitrogens with one attached hydrogen (secondary N) is 1. The first kappa shape index (κ1) is 12.5. The third kappa shape index (κ3) is 2.75. The van der Waals surface area contributed by atoms with Crippen molar-refractivity contribution in [3.05, 3.63) is 63.9 Å². The van der Waals surface area contributed by atoms with E-state index in [0.717, 1.165) is 29.7 Å². The molecular weight excluding hydrogens is 279 g/mol. The number of hydrogen-bond donors (Lipinski definition) is 1. The summed E-state index contributed by atoms with van der Waals surface area (Å²) in [4.78, 5) is 7.81. The number of H-pyrrole nitrogens is 1. The van der Waals surface area contributed by atoms with Crippen LogP contribution in [0.5, 0.6) is 0 Å². The Labute approximate surface area is 121 Å². The molecule has 0 aliphatic heterocycles. The molecular formula is C15H12Cl2N2. The van der Waals surface area contributed by atoms with Crippen LogP contribution in [0, 0.1) is 0 Å². The fourth-order valence-electron chi connectivity index (χ4n) is 2.08. The van der Waals surface area contributed by atoms with Gasteiger partial charge in [0.1, 0.15) is 5.82 Å². The Hall–Kier alpha value is -1.51. The largest absolute Gasteiger partial charge is 0.342 e. The van der Waals surface area contributed by atoms with Gasteiger partial charge in [0.25, 0.3) is 0 Å². The Morgan fingerprint density at radius 3 is 2.47 bits per heavy atom. The summed E-state index contributed by atoms with van der Waals surface area (Å²) in [6, 6.07) is 14.0. The van der Waals surface area contributed by atoms with Crippen LogP contribution in [0.3, 0.4) is 0 Å². The number of hydrogen-bond acceptors (Lipinski definition) is 1. The maximum Gasteiger partial charge on any atom is 0.107 e. The SMILES string of the molecule is Clc1cc2nc(CCc3ccccc3)[nH]c2cc1Cl. The first-order valence-corrected chi connectivity index (χ1v) is 6.85. The number of aromatic nitrogens is 2. The average Bonchev–Trinajstić information content (AvgIpc) is 2.80. The maximum atomic E-state index is 5.99. The van der Waals surface area contributed by atoms with E-state index in [1.165, 1.54) is 5.56 Å². The van der Waals surface area contributed by atoms with Crippen LogP contribution < -0.4 is 0 Å². The van der Waals surface area contributed by atoms with E-state index in [1.54, 1.807) is 6.07 Å². The first-order chi connectivity index (χ1) is 9.22. The second-order valence-electron chi connectivity index (χ2n) is 4.45. The Kier molecular flexibility index (Phi) is 3.45. The Bertz CT molecular complexity index is 666. The van der Waals surface area contributed by atoms with Crippen LogP contribution in [0.2, 0.25) is 10.0 Å². The Morgan fingerprint density at radius 2 is 1.68 bits per heavy atom. The molecule has 3 aromatic rings. The molecule has 4 heteroatoms. The Balaban J connectivity index is 1.82. The van der Waals surface area contributed by atoms with Crippen molar-refractivity contribution in [2.24, 2.45) is 0 Å². The summed E-state index contributed by atoms with van der Waals surface area (Å²) in [5.41, 5.74) is 3.09. The minimum atomic E-state index is 0.537. The lowest BCUT2D eigenvalue weighted by molar-refractivity contribution is 0.890. The molecule has 0 aliphatic carbocycles. The molecule has 2 nitrogen and oxygen atoms in total. The molecule has 0 bridgehead atoms. The highest BCUT2D eigenvalue weighted by atomic mass is 35.5. The van der Waals surface area contributed by atoms with Gasteiger partial charge in [-0.05, 0) is 24.1 Å². The van der Waals surface area contributed by atoms with Crippen LogP contribution >= 0.6 is 23.2 Å². The molecule has 2 aromatic carbocycles. The van der Waals surface area contributed by atoms with Crippen molar-refractivity contribution >= 4 is 34.2 Å². The first-order valence-electron chi connectivity index (χ1n) is 6.10. The number of aromatic amines is 1. The number of aryl methyl sites for hydroxylation is 2. The van der Waals surface area contributed by atoms with Crippen molar-refractivity contribution in [2.75, 3.05) is 0 Å². The van der Waals surface area contributed by atoms with E-state index in [4.69, 9.17) is 23.2 Å². The van der Waals surface area contributed by atoms with E-state index in [2.05, 4.69) is 22.1 Å². The summed E-state index contributed by atoms with van der Waals surface area (Å²) in [6.07, 6.45) is 1.83. The standard InChI is InChI=1S/C15H12Cl2N2/c16-11-8-13-14(9-12(11)17)19-15(18-13)7-6-10-4-2-1-3-5-10/h1-5,8-9H,6-7H2,(H,18,19). The van der Waals surface area contributed by atoms with E-state index in [1.807, 2.05) is 24.3 Å². The summed E-state index contributed by atoms with van der Waals surface area (Å²) in [5.74, 6) is 0.956. The minimum absolute atomic E-state index is 0.537. The minimum Gasteiger partial charge on any atom is -0.342 e. The molecule has 0 saturated heterocycles. The number of halogens is 2. The fraction of sp³-hybridized carbons (Fsp3) is 0.133. The molecule has 1 N–H and O–H groups in total. The smallest absolute Gasteiger partial charge is 0.107 e. The van der Waals surface area contributed by atoms with Crippen molar-refractivity contribution in [1.82, 2.24) is 9.97 Å². The summed E-state index contributed by atoms with van der Waals surface area (Å²) < 4.78 is 0. The van der Waals surface area contributed by atoms with Crippen LogP contribution in [0.4, 0.5) is 0 Å². The lowest BCUT2D eigenvalue weighted by atomic mass is 10.1. The molecule has 0 fully saturated rings. The van der Waals surface area contributed by atoms with Gasteiger partial charge >= 0.3 is 0 Å². The summed E-state index contributed by atoms with van der Waals surface area (Å²) in [5, 5.41) is 1.09. The van der Waals surface area contributed by atoms with Crippen molar-refractivity contribution < 1.29 is 0 Å². The molecule has 0 unspecified atom stereocenters. The van der Waals surface area contributed by atoms with E-state index in [9.17, 15) is 0 Å². The van der Waals surface area contributed by atoms with Crippen molar-refractivity contribution in [3.63, 3.8) is 0 Å². The van der Waals surface area contributed by atoms with Gasteiger partial charge in [-0.2, -0.15) is 0 Å². The second kappa shape index (κ2) is 5.24. The zero-order valence-corrected chi connectivity index (χ0v) is 11.7. The normalized spacial score (nSPS) is 11.1. The van der Waals surface area contributed by atoms with Gasteiger partial charge in [-0.25, -0.2) is 4.98 Å². The lowest BCUT2D eigenvalue weighted by Gasteiger charge is -1.97. The van der Waals surface area contributed by atoms with Gasteiger partial charge in [-0.3, -0.25) is 0 Å². The van der Waals surface area contributed by atoms with Gasteiger partial charge in [0, 0.05) is 6.42 Å². The quantitative estimate of drug-likeness (QED) is 0.747. The zero-order valence-electron chi connectivity index (χ0n) is 10.2. The maximum absolute atomic E-state index is 5.99. The molecule has 1 heterocycles. The van der Waals surface area contributed by atoms with E-state index in [-0.39, 0.29) is 0 Å². The van der Waals surface area contributed by atoms with Gasteiger partial charge in [-0.1, -0.05) is 53.5 Å². The monoisotopic (exact) mass is 290 g/mol. The highest BCUT2D eigenvalue weighted by molar-refractivity contribution is 6.42. The molecule has 0 saturated carbocycles. The summed E-state index contributed by atoms with van der Waals surface area (Å²) >= 11 is 12.0. The van der Waals surface area contributed by atoms with Gasteiger partial charge in [0.2, 0.25) is 0 Å². The number of rotatable bonds is 3. The van der Waals surface area contributed by atoms with Gasteiger partial charge in [0.15, 0.2) is 0 Å². The number of nitrogens with zero attached hydrogens (tertiary/aromatic N) is 1. The summed E-state index contributed by atoms with van der Waals surface area (Å²) in [7, 11) is 0. The molecule has 3 rings (SSSR count). The third-order valence-corrected chi connectivity index (χ3v) is 3.79. The molecule has 0 aliphatic rings. The molecule has 0 amide bonds. The number of fused-ring (bicyclic) bond motifs is 1. The third-order valence-electron chi connectivity index (χ3n) is 3.07. The molecule has 19 heavy (non-hydrogen) atoms. The Morgan fingerprint density at radius 1 is 0.947 bits per heavy atom. The predicted octanol–water partition coefficient (Wildman–Crippen LogP) is 4.65.